The standard InChI is InChI=1S/C25H24O4/c1-3-16-28-25(26)24(20-12-8-5-9-13-20)21-14-15-22(23(17-21)27-2)29-18-19-10-6-4-7-11-19/h3-15,17,24H,1,16,18H2,2H3. The van der Waals surface area contributed by atoms with Gasteiger partial charge in [-0.05, 0) is 28.8 Å². The van der Waals surface area contributed by atoms with Gasteiger partial charge in [0.15, 0.2) is 11.5 Å². The minimum atomic E-state index is -0.562. The summed E-state index contributed by atoms with van der Waals surface area (Å²) >= 11 is 0. The van der Waals surface area contributed by atoms with Crippen LogP contribution in [0.2, 0.25) is 0 Å². The van der Waals surface area contributed by atoms with Gasteiger partial charge >= 0.3 is 5.97 Å². The van der Waals surface area contributed by atoms with Crippen LogP contribution in [0.5, 0.6) is 11.5 Å². The molecule has 0 saturated heterocycles. The second kappa shape index (κ2) is 10.1. The van der Waals surface area contributed by atoms with Gasteiger partial charge in [0.1, 0.15) is 19.1 Å². The molecule has 0 amide bonds. The van der Waals surface area contributed by atoms with Crippen LogP contribution >= 0.6 is 0 Å². The SMILES string of the molecule is C=CCOC(=O)C(c1ccccc1)c1ccc(OCc2ccccc2)c(OC)c1. The fourth-order valence-corrected chi connectivity index (χ4v) is 3.05. The summed E-state index contributed by atoms with van der Waals surface area (Å²) in [5, 5.41) is 0. The maximum absolute atomic E-state index is 12.8. The summed E-state index contributed by atoms with van der Waals surface area (Å²) < 4.78 is 16.8. The summed E-state index contributed by atoms with van der Waals surface area (Å²) in [7, 11) is 1.59. The molecule has 0 aliphatic carbocycles. The molecule has 0 radical (unpaired) electrons. The highest BCUT2D eigenvalue weighted by Gasteiger charge is 2.25. The van der Waals surface area contributed by atoms with E-state index in [1.54, 1.807) is 13.2 Å². The first-order valence-corrected chi connectivity index (χ1v) is 9.40. The number of benzene rings is 3. The van der Waals surface area contributed by atoms with E-state index in [1.807, 2.05) is 78.9 Å². The van der Waals surface area contributed by atoms with E-state index in [0.717, 1.165) is 16.7 Å². The van der Waals surface area contributed by atoms with Gasteiger partial charge in [-0.25, -0.2) is 0 Å². The molecule has 1 atom stereocenters. The fraction of sp³-hybridized carbons (Fsp3) is 0.160. The molecule has 0 bridgehead atoms. The predicted molar refractivity (Wildman–Crippen MR) is 113 cm³/mol. The molecule has 0 aromatic heterocycles. The molecular formula is C25H24O4. The van der Waals surface area contributed by atoms with Crippen molar-refractivity contribution in [2.75, 3.05) is 13.7 Å². The summed E-state index contributed by atoms with van der Waals surface area (Å²) in [6.07, 6.45) is 1.56. The van der Waals surface area contributed by atoms with Gasteiger partial charge in [-0.3, -0.25) is 4.79 Å². The Bertz CT molecular complexity index is 936. The molecule has 0 spiro atoms. The molecule has 0 saturated carbocycles. The molecule has 0 heterocycles. The molecule has 4 heteroatoms. The Hall–Kier alpha value is -3.53. The Morgan fingerprint density at radius 2 is 1.62 bits per heavy atom. The third-order valence-electron chi connectivity index (χ3n) is 4.47. The second-order valence-electron chi connectivity index (χ2n) is 6.45. The van der Waals surface area contributed by atoms with Crippen LogP contribution in [0.15, 0.2) is 91.5 Å². The van der Waals surface area contributed by atoms with Gasteiger partial charge in [-0.2, -0.15) is 0 Å². The van der Waals surface area contributed by atoms with E-state index >= 15 is 0 Å². The molecule has 4 nitrogen and oxygen atoms in total. The van der Waals surface area contributed by atoms with Gasteiger partial charge in [0.25, 0.3) is 0 Å². The Morgan fingerprint density at radius 1 is 0.931 bits per heavy atom. The lowest BCUT2D eigenvalue weighted by Gasteiger charge is -2.19. The first-order valence-electron chi connectivity index (χ1n) is 9.40. The van der Waals surface area contributed by atoms with Crippen LogP contribution in [0, 0.1) is 0 Å². The molecule has 3 aromatic carbocycles. The molecule has 1 unspecified atom stereocenters. The maximum Gasteiger partial charge on any atom is 0.318 e. The van der Waals surface area contributed by atoms with Gasteiger partial charge in [-0.15, -0.1) is 0 Å². The lowest BCUT2D eigenvalue weighted by Crippen LogP contribution is -2.17. The molecule has 0 aliphatic heterocycles. The average Bonchev–Trinajstić information content (AvgIpc) is 2.78. The highest BCUT2D eigenvalue weighted by Crippen LogP contribution is 2.34. The lowest BCUT2D eigenvalue weighted by atomic mass is 9.91. The van der Waals surface area contributed by atoms with Crippen LogP contribution in [-0.4, -0.2) is 19.7 Å². The second-order valence-corrected chi connectivity index (χ2v) is 6.45. The summed E-state index contributed by atoms with van der Waals surface area (Å²) in [6.45, 7) is 4.20. The first-order chi connectivity index (χ1) is 14.2. The molecule has 3 rings (SSSR count). The van der Waals surface area contributed by atoms with Crippen molar-refractivity contribution in [2.24, 2.45) is 0 Å². The molecule has 3 aromatic rings. The maximum atomic E-state index is 12.8. The molecule has 29 heavy (non-hydrogen) atoms. The number of methoxy groups -OCH3 is 1. The van der Waals surface area contributed by atoms with Crippen molar-refractivity contribution >= 4 is 5.97 Å². The molecule has 0 N–H and O–H groups in total. The van der Waals surface area contributed by atoms with E-state index in [9.17, 15) is 4.79 Å². The highest BCUT2D eigenvalue weighted by atomic mass is 16.5. The third-order valence-corrected chi connectivity index (χ3v) is 4.47. The number of ether oxygens (including phenoxy) is 3. The quantitative estimate of drug-likeness (QED) is 0.376. The third kappa shape index (κ3) is 5.26. The summed E-state index contributed by atoms with van der Waals surface area (Å²) in [5.74, 6) is 0.284. The van der Waals surface area contributed by atoms with Gasteiger partial charge in [-0.1, -0.05) is 79.4 Å². The zero-order chi connectivity index (χ0) is 20.5. The smallest absolute Gasteiger partial charge is 0.318 e. The largest absolute Gasteiger partial charge is 0.493 e. The highest BCUT2D eigenvalue weighted by molar-refractivity contribution is 5.82. The fourth-order valence-electron chi connectivity index (χ4n) is 3.05. The van der Waals surface area contributed by atoms with Crippen molar-refractivity contribution < 1.29 is 19.0 Å². The van der Waals surface area contributed by atoms with Gasteiger partial charge in [0.2, 0.25) is 0 Å². The molecular weight excluding hydrogens is 364 g/mol. The van der Waals surface area contributed by atoms with Crippen LogP contribution < -0.4 is 9.47 Å². The van der Waals surface area contributed by atoms with E-state index in [-0.39, 0.29) is 12.6 Å². The van der Waals surface area contributed by atoms with Gasteiger partial charge < -0.3 is 14.2 Å². The molecule has 0 aliphatic rings. The normalized spacial score (nSPS) is 11.3. The van der Waals surface area contributed by atoms with Crippen LogP contribution in [0.3, 0.4) is 0 Å². The molecule has 148 valence electrons. The minimum absolute atomic E-state index is 0.164. The van der Waals surface area contributed by atoms with E-state index in [1.165, 1.54) is 0 Å². The zero-order valence-electron chi connectivity index (χ0n) is 16.4. The van der Waals surface area contributed by atoms with Crippen molar-refractivity contribution in [2.45, 2.75) is 12.5 Å². The van der Waals surface area contributed by atoms with Crippen molar-refractivity contribution in [1.82, 2.24) is 0 Å². The number of carbonyl (C=O) groups excluding carboxylic acids is 1. The number of carbonyl (C=O) groups is 1. The Kier molecular flexibility index (Phi) is 7.06. The molecule has 0 fully saturated rings. The van der Waals surface area contributed by atoms with Crippen LogP contribution in [0.1, 0.15) is 22.6 Å². The number of esters is 1. The zero-order valence-corrected chi connectivity index (χ0v) is 16.4. The number of rotatable bonds is 9. The van der Waals surface area contributed by atoms with Gasteiger partial charge in [0.05, 0.1) is 7.11 Å². The summed E-state index contributed by atoms with van der Waals surface area (Å²) in [4.78, 5) is 12.8. The first kappa shape index (κ1) is 20.2. The van der Waals surface area contributed by atoms with E-state index in [4.69, 9.17) is 14.2 Å². The minimum Gasteiger partial charge on any atom is -0.493 e. The Morgan fingerprint density at radius 3 is 2.28 bits per heavy atom. The van der Waals surface area contributed by atoms with Crippen molar-refractivity contribution in [1.29, 1.82) is 0 Å². The van der Waals surface area contributed by atoms with Crippen LogP contribution in [0.25, 0.3) is 0 Å². The number of hydrogen-bond donors (Lipinski definition) is 0. The van der Waals surface area contributed by atoms with E-state index in [0.29, 0.717) is 18.1 Å². The lowest BCUT2D eigenvalue weighted by molar-refractivity contribution is -0.143. The average molecular weight is 388 g/mol. The number of hydrogen-bond acceptors (Lipinski definition) is 4. The van der Waals surface area contributed by atoms with Crippen LogP contribution in [0.4, 0.5) is 0 Å². The van der Waals surface area contributed by atoms with E-state index < -0.39 is 5.92 Å². The summed E-state index contributed by atoms with van der Waals surface area (Å²) in [6, 6.07) is 25.0. The Labute approximate surface area is 171 Å². The van der Waals surface area contributed by atoms with Crippen molar-refractivity contribution in [3.8, 4) is 11.5 Å². The van der Waals surface area contributed by atoms with Gasteiger partial charge in [0, 0.05) is 0 Å². The monoisotopic (exact) mass is 388 g/mol. The van der Waals surface area contributed by atoms with E-state index in [2.05, 4.69) is 6.58 Å². The summed E-state index contributed by atoms with van der Waals surface area (Å²) in [5.41, 5.74) is 2.68. The Balaban J connectivity index is 1.88. The van der Waals surface area contributed by atoms with Crippen molar-refractivity contribution in [3.63, 3.8) is 0 Å². The topological polar surface area (TPSA) is 44.8 Å². The van der Waals surface area contributed by atoms with Crippen molar-refractivity contribution in [3.05, 3.63) is 108 Å². The van der Waals surface area contributed by atoms with Crippen LogP contribution in [-0.2, 0) is 16.1 Å². The predicted octanol–water partition coefficient (Wildman–Crippen LogP) is 5.14.